The van der Waals surface area contributed by atoms with E-state index in [9.17, 15) is 19.5 Å². The van der Waals surface area contributed by atoms with Crippen LogP contribution in [0.3, 0.4) is 0 Å². The zero-order valence-electron chi connectivity index (χ0n) is 10.9. The lowest BCUT2D eigenvalue weighted by Gasteiger charge is -2.26. The van der Waals surface area contributed by atoms with E-state index in [1.165, 1.54) is 19.1 Å². The fourth-order valence-electron chi connectivity index (χ4n) is 1.82. The Bertz CT molecular complexity index is 567. The Kier molecular flexibility index (Phi) is 3.99. The van der Waals surface area contributed by atoms with Crippen LogP contribution in [0.25, 0.3) is 0 Å². The van der Waals surface area contributed by atoms with Crippen LogP contribution in [-0.4, -0.2) is 36.0 Å². The molecule has 0 spiro atoms. The maximum Gasteiger partial charge on any atom is 0.337 e. The van der Waals surface area contributed by atoms with E-state index < -0.39 is 5.97 Å². The minimum Gasteiger partial charge on any atom is -0.478 e. The second-order valence-electron chi connectivity index (χ2n) is 4.59. The van der Waals surface area contributed by atoms with Gasteiger partial charge in [0.15, 0.2) is 0 Å². The summed E-state index contributed by atoms with van der Waals surface area (Å²) in [7, 11) is 0. The lowest BCUT2D eigenvalue weighted by molar-refractivity contribution is -0.121. The predicted molar refractivity (Wildman–Crippen MR) is 72.7 cm³/mol. The number of nitrogens with one attached hydrogen (secondary N) is 3. The molecule has 0 radical (unpaired) electrons. The van der Waals surface area contributed by atoms with Crippen molar-refractivity contribution >= 4 is 29.2 Å². The summed E-state index contributed by atoms with van der Waals surface area (Å²) in [5.41, 5.74) is 0.540. The van der Waals surface area contributed by atoms with Gasteiger partial charge in [-0.2, -0.15) is 0 Å². The molecule has 0 unspecified atom stereocenters. The largest absolute Gasteiger partial charge is 0.478 e. The molecule has 1 aliphatic rings. The summed E-state index contributed by atoms with van der Waals surface area (Å²) in [6.07, 6.45) is 0. The van der Waals surface area contributed by atoms with E-state index >= 15 is 0 Å². The average molecular weight is 277 g/mol. The molecule has 0 aliphatic carbocycles. The molecular formula is C13H15N3O4. The molecule has 2 rings (SSSR count). The number of carboxylic acids is 1. The van der Waals surface area contributed by atoms with Gasteiger partial charge in [-0.15, -0.1) is 0 Å². The number of benzene rings is 1. The lowest BCUT2D eigenvalue weighted by Crippen LogP contribution is -2.48. The highest BCUT2D eigenvalue weighted by molar-refractivity contribution is 6.03. The first kappa shape index (κ1) is 14.0. The van der Waals surface area contributed by atoms with Crippen molar-refractivity contribution in [2.75, 3.05) is 23.7 Å². The van der Waals surface area contributed by atoms with E-state index in [0.717, 1.165) is 0 Å². The molecule has 0 saturated carbocycles. The van der Waals surface area contributed by atoms with Crippen LogP contribution in [0, 0.1) is 5.92 Å². The summed E-state index contributed by atoms with van der Waals surface area (Å²) in [6, 6.07) is 4.33. The summed E-state index contributed by atoms with van der Waals surface area (Å²) in [5, 5.41) is 17.2. The van der Waals surface area contributed by atoms with E-state index in [1.54, 1.807) is 6.07 Å². The highest BCUT2D eigenvalue weighted by Crippen LogP contribution is 2.22. The number of carboxylic acid groups (broad SMARTS) is 1. The van der Waals surface area contributed by atoms with Gasteiger partial charge in [-0.25, -0.2) is 4.79 Å². The first-order valence-corrected chi connectivity index (χ1v) is 6.14. The van der Waals surface area contributed by atoms with E-state index in [4.69, 9.17) is 0 Å². The summed E-state index contributed by atoms with van der Waals surface area (Å²) < 4.78 is 0. The molecule has 7 nitrogen and oxygen atoms in total. The van der Waals surface area contributed by atoms with Crippen molar-refractivity contribution in [1.29, 1.82) is 0 Å². The summed E-state index contributed by atoms with van der Waals surface area (Å²) in [6.45, 7) is 2.52. The van der Waals surface area contributed by atoms with Crippen LogP contribution >= 0.6 is 0 Å². The van der Waals surface area contributed by atoms with Gasteiger partial charge in [0.25, 0.3) is 0 Å². The number of carbonyl (C=O) groups excluding carboxylic acids is 2. The molecule has 1 aliphatic heterocycles. The highest BCUT2D eigenvalue weighted by atomic mass is 16.4. The van der Waals surface area contributed by atoms with Crippen LogP contribution < -0.4 is 16.0 Å². The maximum absolute atomic E-state index is 11.8. The normalized spacial score (nSPS) is 14.2. The maximum atomic E-state index is 11.8. The lowest BCUT2D eigenvalue weighted by atomic mass is 10.0. The standard InChI is InChI=1S/C13H15N3O4/c1-7(17)15-9-2-3-11(10(4-9)13(19)20)16-12(18)8-5-14-6-8/h2-4,8,14H,5-6H2,1H3,(H,15,17)(H,16,18)(H,19,20). The topological polar surface area (TPSA) is 108 Å². The molecule has 1 heterocycles. The number of carbonyl (C=O) groups is 3. The third-order valence-corrected chi connectivity index (χ3v) is 2.98. The summed E-state index contributed by atoms with van der Waals surface area (Å²) in [5.74, 6) is -1.80. The molecule has 4 N–H and O–H groups in total. The minimum absolute atomic E-state index is 0.0584. The Labute approximate surface area is 115 Å². The van der Waals surface area contributed by atoms with Crippen LogP contribution in [-0.2, 0) is 9.59 Å². The van der Waals surface area contributed by atoms with Gasteiger partial charge in [0.1, 0.15) is 0 Å². The zero-order valence-corrected chi connectivity index (χ0v) is 10.9. The molecule has 1 fully saturated rings. The summed E-state index contributed by atoms with van der Waals surface area (Å²) in [4.78, 5) is 34.0. The van der Waals surface area contributed by atoms with Crippen molar-refractivity contribution < 1.29 is 19.5 Å². The van der Waals surface area contributed by atoms with Crippen LogP contribution in [0.2, 0.25) is 0 Å². The van der Waals surface area contributed by atoms with Gasteiger partial charge in [-0.1, -0.05) is 0 Å². The van der Waals surface area contributed by atoms with E-state index in [-0.39, 0.29) is 29.0 Å². The molecule has 1 aromatic rings. The van der Waals surface area contributed by atoms with Crippen molar-refractivity contribution in [1.82, 2.24) is 5.32 Å². The first-order chi connectivity index (χ1) is 9.47. The smallest absolute Gasteiger partial charge is 0.337 e. The second kappa shape index (κ2) is 5.70. The van der Waals surface area contributed by atoms with Gasteiger partial charge in [0.2, 0.25) is 11.8 Å². The molecule has 1 saturated heterocycles. The number of anilines is 2. The third-order valence-electron chi connectivity index (χ3n) is 2.98. The predicted octanol–water partition coefficient (Wildman–Crippen LogP) is 0.501. The Hall–Kier alpha value is -2.41. The molecule has 1 aromatic carbocycles. The van der Waals surface area contributed by atoms with Crippen LogP contribution in [0.5, 0.6) is 0 Å². The van der Waals surface area contributed by atoms with Crippen molar-refractivity contribution in [3.8, 4) is 0 Å². The molecule has 106 valence electrons. The molecule has 0 aromatic heterocycles. The van der Waals surface area contributed by atoms with Gasteiger partial charge in [-0.3, -0.25) is 9.59 Å². The zero-order chi connectivity index (χ0) is 14.7. The van der Waals surface area contributed by atoms with Gasteiger partial charge in [-0.05, 0) is 18.2 Å². The second-order valence-corrected chi connectivity index (χ2v) is 4.59. The molecule has 20 heavy (non-hydrogen) atoms. The average Bonchev–Trinajstić information content (AvgIpc) is 2.27. The third kappa shape index (κ3) is 3.12. The molecule has 2 amide bonds. The fourth-order valence-corrected chi connectivity index (χ4v) is 1.82. The first-order valence-electron chi connectivity index (χ1n) is 6.14. The monoisotopic (exact) mass is 277 g/mol. The van der Waals surface area contributed by atoms with Gasteiger partial charge in [0.05, 0.1) is 17.2 Å². The van der Waals surface area contributed by atoms with E-state index in [1.807, 2.05) is 0 Å². The number of hydrogen-bond acceptors (Lipinski definition) is 4. The number of aromatic carboxylic acids is 1. The Balaban J connectivity index is 2.20. The minimum atomic E-state index is -1.17. The molecule has 0 bridgehead atoms. The van der Waals surface area contributed by atoms with Gasteiger partial charge >= 0.3 is 5.97 Å². The van der Waals surface area contributed by atoms with E-state index in [0.29, 0.717) is 18.8 Å². The Morgan fingerprint density at radius 3 is 2.45 bits per heavy atom. The molecule has 7 heteroatoms. The van der Waals surface area contributed by atoms with E-state index in [2.05, 4.69) is 16.0 Å². The van der Waals surface area contributed by atoms with Crippen molar-refractivity contribution in [2.45, 2.75) is 6.92 Å². The number of amides is 2. The SMILES string of the molecule is CC(=O)Nc1ccc(NC(=O)C2CNC2)c(C(=O)O)c1. The highest BCUT2D eigenvalue weighted by Gasteiger charge is 2.26. The Morgan fingerprint density at radius 2 is 1.95 bits per heavy atom. The van der Waals surface area contributed by atoms with Crippen LogP contribution in [0.4, 0.5) is 11.4 Å². The van der Waals surface area contributed by atoms with Crippen molar-refractivity contribution in [3.05, 3.63) is 23.8 Å². The summed E-state index contributed by atoms with van der Waals surface area (Å²) >= 11 is 0. The van der Waals surface area contributed by atoms with Crippen molar-refractivity contribution in [2.24, 2.45) is 5.92 Å². The molecular weight excluding hydrogens is 262 g/mol. The number of rotatable bonds is 4. The van der Waals surface area contributed by atoms with Crippen LogP contribution in [0.1, 0.15) is 17.3 Å². The van der Waals surface area contributed by atoms with Crippen LogP contribution in [0.15, 0.2) is 18.2 Å². The van der Waals surface area contributed by atoms with Gasteiger partial charge < -0.3 is 21.1 Å². The Morgan fingerprint density at radius 1 is 1.25 bits per heavy atom. The van der Waals surface area contributed by atoms with Crippen molar-refractivity contribution in [3.63, 3.8) is 0 Å². The molecule has 0 atom stereocenters. The quantitative estimate of drug-likeness (QED) is 0.641. The number of hydrogen-bond donors (Lipinski definition) is 4. The fraction of sp³-hybridized carbons (Fsp3) is 0.308. The van der Waals surface area contributed by atoms with Gasteiger partial charge in [0, 0.05) is 25.7 Å².